The third kappa shape index (κ3) is 1.33. The Morgan fingerprint density at radius 3 is 2.92 bits per heavy atom. The van der Waals surface area contributed by atoms with Crippen LogP contribution in [0.25, 0.3) is 10.2 Å². The monoisotopic (exact) mass is 194 g/mol. The normalized spacial score (nSPS) is 10.6. The highest BCUT2D eigenvalue weighted by atomic mass is 32.1. The first-order valence-electron chi connectivity index (χ1n) is 3.91. The second-order valence-corrected chi connectivity index (χ2v) is 4.04. The standard InChI is InChI=1S/C9H10N2OS/c1-5-11-9-7(12-2)3-6(10)4-8(9)13-5/h3-4H,10H2,1-2H3. The van der Waals surface area contributed by atoms with Gasteiger partial charge in [0.25, 0.3) is 0 Å². The second-order valence-electron chi connectivity index (χ2n) is 2.80. The molecule has 0 bridgehead atoms. The van der Waals surface area contributed by atoms with E-state index < -0.39 is 0 Å². The fourth-order valence-corrected chi connectivity index (χ4v) is 2.18. The topological polar surface area (TPSA) is 48.1 Å². The SMILES string of the molecule is COc1cc(N)cc2sc(C)nc12. The number of aryl methyl sites for hydroxylation is 1. The first-order chi connectivity index (χ1) is 6.20. The Hall–Kier alpha value is -1.29. The van der Waals surface area contributed by atoms with Gasteiger partial charge in [-0.25, -0.2) is 4.98 Å². The molecule has 0 atom stereocenters. The van der Waals surface area contributed by atoms with E-state index in [2.05, 4.69) is 4.98 Å². The minimum atomic E-state index is 0.716. The predicted octanol–water partition coefficient (Wildman–Crippen LogP) is 2.20. The molecule has 0 aliphatic heterocycles. The fraction of sp³-hybridized carbons (Fsp3) is 0.222. The number of aromatic nitrogens is 1. The van der Waals surface area contributed by atoms with Crippen molar-refractivity contribution in [3.8, 4) is 5.75 Å². The number of ether oxygens (including phenoxy) is 1. The Morgan fingerprint density at radius 1 is 1.46 bits per heavy atom. The zero-order valence-electron chi connectivity index (χ0n) is 7.50. The van der Waals surface area contributed by atoms with Crippen molar-refractivity contribution in [3.05, 3.63) is 17.1 Å². The molecule has 2 aromatic rings. The lowest BCUT2D eigenvalue weighted by molar-refractivity contribution is 0.419. The third-order valence-corrected chi connectivity index (χ3v) is 2.73. The summed E-state index contributed by atoms with van der Waals surface area (Å²) in [5.41, 5.74) is 7.33. The molecule has 0 saturated heterocycles. The van der Waals surface area contributed by atoms with Crippen LogP contribution >= 0.6 is 11.3 Å². The predicted molar refractivity (Wildman–Crippen MR) is 55.3 cm³/mol. The molecule has 3 nitrogen and oxygen atoms in total. The zero-order chi connectivity index (χ0) is 9.42. The van der Waals surface area contributed by atoms with Gasteiger partial charge in [-0.05, 0) is 13.0 Å². The number of nitrogens with zero attached hydrogens (tertiary/aromatic N) is 1. The Bertz CT molecular complexity index is 450. The van der Waals surface area contributed by atoms with E-state index >= 15 is 0 Å². The van der Waals surface area contributed by atoms with Crippen LogP contribution < -0.4 is 10.5 Å². The van der Waals surface area contributed by atoms with E-state index in [0.717, 1.165) is 21.0 Å². The first-order valence-corrected chi connectivity index (χ1v) is 4.73. The molecule has 68 valence electrons. The van der Waals surface area contributed by atoms with Gasteiger partial charge in [-0.1, -0.05) is 0 Å². The van der Waals surface area contributed by atoms with Gasteiger partial charge in [0.15, 0.2) is 0 Å². The van der Waals surface area contributed by atoms with E-state index in [9.17, 15) is 0 Å². The highest BCUT2D eigenvalue weighted by Crippen LogP contribution is 2.31. The summed E-state index contributed by atoms with van der Waals surface area (Å²) in [6.07, 6.45) is 0. The number of nitrogens with two attached hydrogens (primary N) is 1. The van der Waals surface area contributed by atoms with Crippen LogP contribution in [0.4, 0.5) is 5.69 Å². The van der Waals surface area contributed by atoms with E-state index in [1.54, 1.807) is 24.5 Å². The van der Waals surface area contributed by atoms with Gasteiger partial charge >= 0.3 is 0 Å². The summed E-state index contributed by atoms with van der Waals surface area (Å²) in [7, 11) is 1.63. The van der Waals surface area contributed by atoms with E-state index in [1.165, 1.54) is 0 Å². The highest BCUT2D eigenvalue weighted by molar-refractivity contribution is 7.18. The van der Waals surface area contributed by atoms with Crippen molar-refractivity contribution in [3.63, 3.8) is 0 Å². The van der Waals surface area contributed by atoms with Gasteiger partial charge in [-0.15, -0.1) is 11.3 Å². The molecule has 0 fully saturated rings. The summed E-state index contributed by atoms with van der Waals surface area (Å²) < 4.78 is 6.26. The molecule has 0 radical (unpaired) electrons. The average Bonchev–Trinajstić information content (AvgIpc) is 2.43. The fourth-order valence-electron chi connectivity index (χ4n) is 1.29. The van der Waals surface area contributed by atoms with Crippen molar-refractivity contribution in [2.24, 2.45) is 0 Å². The van der Waals surface area contributed by atoms with Gasteiger partial charge in [-0.3, -0.25) is 0 Å². The van der Waals surface area contributed by atoms with Crippen molar-refractivity contribution < 1.29 is 4.74 Å². The van der Waals surface area contributed by atoms with Gasteiger partial charge in [0.05, 0.1) is 16.8 Å². The molecule has 2 N–H and O–H groups in total. The van der Waals surface area contributed by atoms with Crippen LogP contribution in [-0.2, 0) is 0 Å². The molecule has 13 heavy (non-hydrogen) atoms. The minimum Gasteiger partial charge on any atom is -0.494 e. The molecule has 1 heterocycles. The summed E-state index contributed by atoms with van der Waals surface area (Å²) in [6.45, 7) is 1.97. The Labute approximate surface area is 80.2 Å². The molecule has 1 aromatic heterocycles. The quantitative estimate of drug-likeness (QED) is 0.708. The molecule has 0 saturated carbocycles. The molecule has 0 aliphatic rings. The smallest absolute Gasteiger partial charge is 0.148 e. The molecular formula is C9H10N2OS. The average molecular weight is 194 g/mol. The maximum Gasteiger partial charge on any atom is 0.148 e. The highest BCUT2D eigenvalue weighted by Gasteiger charge is 2.07. The van der Waals surface area contributed by atoms with Crippen LogP contribution in [0.3, 0.4) is 0 Å². The van der Waals surface area contributed by atoms with Crippen LogP contribution in [0.5, 0.6) is 5.75 Å². The number of nitrogen functional groups attached to an aromatic ring is 1. The van der Waals surface area contributed by atoms with Crippen molar-refractivity contribution in [2.75, 3.05) is 12.8 Å². The number of thiazole rings is 1. The molecule has 4 heteroatoms. The Morgan fingerprint density at radius 2 is 2.23 bits per heavy atom. The first kappa shape index (κ1) is 8.31. The second kappa shape index (κ2) is 2.88. The van der Waals surface area contributed by atoms with Crippen LogP contribution in [0.2, 0.25) is 0 Å². The molecule has 0 spiro atoms. The molecule has 0 amide bonds. The van der Waals surface area contributed by atoms with Crippen molar-refractivity contribution in [1.29, 1.82) is 0 Å². The van der Waals surface area contributed by atoms with Crippen molar-refractivity contribution >= 4 is 27.2 Å². The number of hydrogen-bond donors (Lipinski definition) is 1. The van der Waals surface area contributed by atoms with Crippen molar-refractivity contribution in [1.82, 2.24) is 4.98 Å². The molecular weight excluding hydrogens is 184 g/mol. The number of hydrogen-bond acceptors (Lipinski definition) is 4. The molecule has 0 unspecified atom stereocenters. The van der Waals surface area contributed by atoms with Gasteiger partial charge in [0.2, 0.25) is 0 Å². The maximum absolute atomic E-state index is 5.71. The summed E-state index contributed by atoms with van der Waals surface area (Å²) in [6, 6.07) is 3.71. The Kier molecular flexibility index (Phi) is 1.84. The number of methoxy groups -OCH3 is 1. The van der Waals surface area contributed by atoms with Crippen LogP contribution in [0.15, 0.2) is 12.1 Å². The maximum atomic E-state index is 5.71. The zero-order valence-corrected chi connectivity index (χ0v) is 8.31. The molecule has 0 aliphatic carbocycles. The van der Waals surface area contributed by atoms with Crippen LogP contribution in [-0.4, -0.2) is 12.1 Å². The lowest BCUT2D eigenvalue weighted by Crippen LogP contribution is -1.88. The number of rotatable bonds is 1. The summed E-state index contributed by atoms with van der Waals surface area (Å²) in [5.74, 6) is 0.749. The lowest BCUT2D eigenvalue weighted by atomic mass is 10.3. The number of anilines is 1. The van der Waals surface area contributed by atoms with Crippen LogP contribution in [0, 0.1) is 6.92 Å². The minimum absolute atomic E-state index is 0.716. The van der Waals surface area contributed by atoms with Gasteiger partial charge in [0, 0.05) is 11.8 Å². The van der Waals surface area contributed by atoms with Crippen molar-refractivity contribution in [2.45, 2.75) is 6.92 Å². The van der Waals surface area contributed by atoms with Crippen LogP contribution in [0.1, 0.15) is 5.01 Å². The molecule has 1 aromatic carbocycles. The molecule has 2 rings (SSSR count). The number of fused-ring (bicyclic) bond motifs is 1. The third-order valence-electron chi connectivity index (χ3n) is 1.81. The number of benzene rings is 1. The summed E-state index contributed by atoms with van der Waals surface area (Å²) >= 11 is 1.62. The van der Waals surface area contributed by atoms with E-state index in [1.807, 2.05) is 13.0 Å². The van der Waals surface area contributed by atoms with Gasteiger partial charge in [0.1, 0.15) is 11.3 Å². The van der Waals surface area contributed by atoms with Gasteiger partial charge < -0.3 is 10.5 Å². The Balaban J connectivity index is 2.80. The largest absolute Gasteiger partial charge is 0.494 e. The summed E-state index contributed by atoms with van der Waals surface area (Å²) in [5, 5.41) is 1.03. The lowest BCUT2D eigenvalue weighted by Gasteiger charge is -2.01. The van der Waals surface area contributed by atoms with E-state index in [4.69, 9.17) is 10.5 Å². The summed E-state index contributed by atoms with van der Waals surface area (Å²) in [4.78, 5) is 4.36. The van der Waals surface area contributed by atoms with E-state index in [-0.39, 0.29) is 0 Å². The van der Waals surface area contributed by atoms with Gasteiger partial charge in [-0.2, -0.15) is 0 Å². The van der Waals surface area contributed by atoms with E-state index in [0.29, 0.717) is 5.69 Å².